The van der Waals surface area contributed by atoms with Gasteiger partial charge >= 0.3 is 0 Å². The molecule has 0 saturated carbocycles. The monoisotopic (exact) mass is 345 g/mol. The van der Waals surface area contributed by atoms with Crippen LogP contribution in [0.2, 0.25) is 5.02 Å². The van der Waals surface area contributed by atoms with Gasteiger partial charge in [0.25, 0.3) is 0 Å². The van der Waals surface area contributed by atoms with Crippen molar-refractivity contribution in [3.63, 3.8) is 0 Å². The van der Waals surface area contributed by atoms with Crippen LogP contribution in [0, 0.1) is 0 Å². The molecular formula is C16H20ClN7. The molecule has 0 amide bonds. The van der Waals surface area contributed by atoms with Crippen molar-refractivity contribution < 1.29 is 0 Å². The largest absolute Gasteiger partial charge is 0.295 e. The van der Waals surface area contributed by atoms with Crippen LogP contribution < -0.4 is 0 Å². The number of nitrogens with zero attached hydrogens (tertiary/aromatic N) is 6. The zero-order valence-corrected chi connectivity index (χ0v) is 14.5. The van der Waals surface area contributed by atoms with E-state index in [1.807, 2.05) is 42.3 Å². The summed E-state index contributed by atoms with van der Waals surface area (Å²) in [6.07, 6.45) is 5.03. The lowest BCUT2D eigenvalue weighted by Crippen LogP contribution is -2.23. The molecule has 8 heteroatoms. The average molecular weight is 346 g/mol. The van der Waals surface area contributed by atoms with E-state index in [0.29, 0.717) is 10.8 Å². The van der Waals surface area contributed by atoms with Crippen LogP contribution in [0.25, 0.3) is 11.4 Å². The van der Waals surface area contributed by atoms with E-state index in [2.05, 4.69) is 37.5 Å². The Hall–Kier alpha value is -2.25. The molecule has 0 radical (unpaired) electrons. The van der Waals surface area contributed by atoms with Crippen LogP contribution in [0.1, 0.15) is 24.5 Å². The minimum absolute atomic E-state index is 0.560. The van der Waals surface area contributed by atoms with Gasteiger partial charge in [-0.25, -0.2) is 0 Å². The molecule has 1 N–H and O–H groups in total. The van der Waals surface area contributed by atoms with Crippen LogP contribution in [0.4, 0.5) is 0 Å². The third-order valence-corrected chi connectivity index (χ3v) is 3.99. The second kappa shape index (κ2) is 7.55. The highest BCUT2D eigenvalue weighted by molar-refractivity contribution is 6.30. The second-order valence-corrected chi connectivity index (χ2v) is 6.21. The molecule has 126 valence electrons. The summed E-state index contributed by atoms with van der Waals surface area (Å²) in [7, 11) is 1.93. The van der Waals surface area contributed by atoms with Gasteiger partial charge in [-0.05, 0) is 35.9 Å². The third-order valence-electron chi connectivity index (χ3n) is 3.76. The van der Waals surface area contributed by atoms with Crippen LogP contribution >= 0.6 is 11.6 Å². The first-order chi connectivity index (χ1) is 11.7. The maximum Gasteiger partial charge on any atom is 0.205 e. The number of H-pyrrole nitrogens is 1. The zero-order chi connectivity index (χ0) is 16.9. The van der Waals surface area contributed by atoms with Crippen LogP contribution in [0.3, 0.4) is 0 Å². The number of aromatic nitrogens is 6. The molecule has 24 heavy (non-hydrogen) atoms. The fraction of sp³-hybridized carbons (Fsp3) is 0.375. The lowest BCUT2D eigenvalue weighted by molar-refractivity contribution is 0.257. The summed E-state index contributed by atoms with van der Waals surface area (Å²) in [6, 6.07) is 5.81. The van der Waals surface area contributed by atoms with Gasteiger partial charge in [0, 0.05) is 42.5 Å². The van der Waals surface area contributed by atoms with Gasteiger partial charge in [-0.2, -0.15) is 10.3 Å². The van der Waals surface area contributed by atoms with Crippen molar-refractivity contribution in [1.29, 1.82) is 0 Å². The van der Waals surface area contributed by atoms with Crippen molar-refractivity contribution in [2.45, 2.75) is 26.4 Å². The molecule has 2 aromatic heterocycles. The highest BCUT2D eigenvalue weighted by Gasteiger charge is 2.14. The first-order valence-electron chi connectivity index (χ1n) is 7.88. The van der Waals surface area contributed by atoms with Crippen LogP contribution in [0.15, 0.2) is 30.6 Å². The minimum atomic E-state index is 0.560. The van der Waals surface area contributed by atoms with Crippen molar-refractivity contribution in [3.05, 3.63) is 46.7 Å². The number of tetrazole rings is 1. The maximum atomic E-state index is 6.15. The normalized spacial score (nSPS) is 11.3. The molecule has 0 bridgehead atoms. The molecule has 0 aliphatic carbocycles. The smallest absolute Gasteiger partial charge is 0.205 e. The molecule has 0 spiro atoms. The SMILES string of the molecule is CCCN(Cc1cnn(C)c1)Cc1ccc(Cl)cc1-c1nn[nH]n1. The topological polar surface area (TPSA) is 75.5 Å². The lowest BCUT2D eigenvalue weighted by Gasteiger charge is -2.22. The van der Waals surface area contributed by atoms with E-state index in [1.54, 1.807) is 0 Å². The van der Waals surface area contributed by atoms with Crippen molar-refractivity contribution in [1.82, 2.24) is 35.3 Å². The summed E-state index contributed by atoms with van der Waals surface area (Å²) in [6.45, 7) is 4.79. The predicted octanol–water partition coefficient (Wildman–Crippen LogP) is 2.67. The molecular weight excluding hydrogens is 326 g/mol. The van der Waals surface area contributed by atoms with E-state index < -0.39 is 0 Å². The molecule has 3 rings (SSSR count). The minimum Gasteiger partial charge on any atom is -0.295 e. The molecule has 3 aromatic rings. The summed E-state index contributed by atoms with van der Waals surface area (Å²) >= 11 is 6.15. The molecule has 2 heterocycles. The Bertz CT molecular complexity index is 782. The molecule has 7 nitrogen and oxygen atoms in total. The average Bonchev–Trinajstić information content (AvgIpc) is 3.21. The summed E-state index contributed by atoms with van der Waals surface area (Å²) in [5.41, 5.74) is 3.22. The van der Waals surface area contributed by atoms with Gasteiger partial charge in [0.1, 0.15) is 0 Å². The number of hydrogen-bond acceptors (Lipinski definition) is 5. The van der Waals surface area contributed by atoms with Crippen molar-refractivity contribution in [3.8, 4) is 11.4 Å². The Morgan fingerprint density at radius 2 is 2.17 bits per heavy atom. The van der Waals surface area contributed by atoms with Gasteiger partial charge in [0.05, 0.1) is 6.20 Å². The third kappa shape index (κ3) is 3.98. The van der Waals surface area contributed by atoms with Crippen molar-refractivity contribution >= 4 is 11.6 Å². The summed E-state index contributed by atoms with van der Waals surface area (Å²) in [4.78, 5) is 2.38. The lowest BCUT2D eigenvalue weighted by atomic mass is 10.1. The molecule has 0 atom stereocenters. The number of aromatic amines is 1. The van der Waals surface area contributed by atoms with Gasteiger partial charge in [-0.1, -0.05) is 24.6 Å². The molecule has 0 aliphatic heterocycles. The summed E-state index contributed by atoms with van der Waals surface area (Å²) < 4.78 is 1.83. The number of hydrogen-bond donors (Lipinski definition) is 1. The van der Waals surface area contributed by atoms with Crippen molar-refractivity contribution in [2.75, 3.05) is 6.54 Å². The molecule has 0 aliphatic rings. The van der Waals surface area contributed by atoms with E-state index in [4.69, 9.17) is 11.6 Å². The number of nitrogens with one attached hydrogen (secondary N) is 1. The van der Waals surface area contributed by atoms with Crippen LogP contribution in [0.5, 0.6) is 0 Å². The van der Waals surface area contributed by atoms with E-state index in [0.717, 1.165) is 37.2 Å². The van der Waals surface area contributed by atoms with Gasteiger partial charge in [0.2, 0.25) is 5.82 Å². The molecule has 1 aromatic carbocycles. The van der Waals surface area contributed by atoms with E-state index in [-0.39, 0.29) is 0 Å². The Morgan fingerprint density at radius 1 is 1.29 bits per heavy atom. The Morgan fingerprint density at radius 3 is 2.83 bits per heavy atom. The van der Waals surface area contributed by atoms with E-state index in [9.17, 15) is 0 Å². The van der Waals surface area contributed by atoms with E-state index >= 15 is 0 Å². The molecule has 0 saturated heterocycles. The first kappa shape index (κ1) is 16.6. The Balaban J connectivity index is 1.84. The maximum absolute atomic E-state index is 6.15. The van der Waals surface area contributed by atoms with Crippen LogP contribution in [-0.4, -0.2) is 41.8 Å². The molecule has 0 fully saturated rings. The van der Waals surface area contributed by atoms with Crippen molar-refractivity contribution in [2.24, 2.45) is 7.05 Å². The second-order valence-electron chi connectivity index (χ2n) is 5.77. The first-order valence-corrected chi connectivity index (χ1v) is 8.25. The summed E-state index contributed by atoms with van der Waals surface area (Å²) in [5, 5.41) is 19.2. The number of benzene rings is 1. The van der Waals surface area contributed by atoms with Gasteiger partial charge in [-0.15, -0.1) is 10.2 Å². The predicted molar refractivity (Wildman–Crippen MR) is 92.2 cm³/mol. The zero-order valence-electron chi connectivity index (χ0n) is 13.8. The van der Waals surface area contributed by atoms with Gasteiger partial charge < -0.3 is 0 Å². The number of halogens is 1. The quantitative estimate of drug-likeness (QED) is 0.712. The molecule has 0 unspecified atom stereocenters. The van der Waals surface area contributed by atoms with Gasteiger partial charge in [0.15, 0.2) is 0 Å². The number of aryl methyl sites for hydroxylation is 1. The number of rotatable bonds is 7. The standard InChI is InChI=1S/C16H20ClN7/c1-3-6-24(10-12-8-18-23(2)9-12)11-13-4-5-14(17)7-15(13)16-19-21-22-20-16/h4-5,7-9H,3,6,10-11H2,1-2H3,(H,19,20,21,22). The highest BCUT2D eigenvalue weighted by atomic mass is 35.5. The van der Waals surface area contributed by atoms with Crippen LogP contribution in [-0.2, 0) is 20.1 Å². The highest BCUT2D eigenvalue weighted by Crippen LogP contribution is 2.25. The van der Waals surface area contributed by atoms with Gasteiger partial charge in [-0.3, -0.25) is 9.58 Å². The fourth-order valence-corrected chi connectivity index (χ4v) is 2.93. The Labute approximate surface area is 145 Å². The van der Waals surface area contributed by atoms with E-state index in [1.165, 1.54) is 5.56 Å². The fourth-order valence-electron chi connectivity index (χ4n) is 2.75. The Kier molecular flexibility index (Phi) is 5.22. The summed E-state index contributed by atoms with van der Waals surface area (Å²) in [5.74, 6) is 0.560.